The Hall–Kier alpha value is -2.57. The van der Waals surface area contributed by atoms with Gasteiger partial charge in [-0.3, -0.25) is 9.69 Å². The Labute approximate surface area is 184 Å². The lowest BCUT2D eigenvalue weighted by molar-refractivity contribution is -0.159. The second kappa shape index (κ2) is 11.2. The number of esters is 1. The van der Waals surface area contributed by atoms with E-state index < -0.39 is 5.41 Å². The molecule has 0 spiro atoms. The number of hydrogen-bond acceptors (Lipinski definition) is 6. The van der Waals surface area contributed by atoms with E-state index in [0.29, 0.717) is 19.6 Å². The van der Waals surface area contributed by atoms with E-state index in [2.05, 4.69) is 4.90 Å². The zero-order valence-corrected chi connectivity index (χ0v) is 18.5. The standard InChI is InChI=1S/C25H33NO5/c1-3-30-24(28)25(17-21-6-4-7-23(16-21)29-2)12-5-13-26(19-25)18-20-8-10-22(11-9-20)31-15-14-27/h4,6-11,16,27H,3,5,12-15,17-19H2,1-2H3/t25-/m0/s1. The van der Waals surface area contributed by atoms with Gasteiger partial charge in [-0.15, -0.1) is 0 Å². The van der Waals surface area contributed by atoms with Gasteiger partial charge in [0.1, 0.15) is 18.1 Å². The average Bonchev–Trinajstić information content (AvgIpc) is 2.79. The fourth-order valence-corrected chi connectivity index (χ4v) is 4.32. The summed E-state index contributed by atoms with van der Waals surface area (Å²) in [7, 11) is 1.66. The topological polar surface area (TPSA) is 68.2 Å². The van der Waals surface area contributed by atoms with E-state index in [1.165, 1.54) is 0 Å². The molecule has 6 heteroatoms. The van der Waals surface area contributed by atoms with Crippen LogP contribution in [0.3, 0.4) is 0 Å². The lowest BCUT2D eigenvalue weighted by Crippen LogP contribution is -2.49. The molecule has 0 bridgehead atoms. The highest BCUT2D eigenvalue weighted by Gasteiger charge is 2.43. The predicted octanol–water partition coefficient (Wildman–Crippen LogP) is 3.45. The third-order valence-electron chi connectivity index (χ3n) is 5.73. The number of aliphatic hydroxyl groups excluding tert-OH is 1. The number of aliphatic hydroxyl groups is 1. The monoisotopic (exact) mass is 427 g/mol. The van der Waals surface area contributed by atoms with Gasteiger partial charge in [0.15, 0.2) is 0 Å². The Balaban J connectivity index is 1.74. The van der Waals surface area contributed by atoms with Crippen LogP contribution in [-0.2, 0) is 22.5 Å². The fourth-order valence-electron chi connectivity index (χ4n) is 4.32. The maximum atomic E-state index is 13.1. The molecule has 1 heterocycles. The Kier molecular flexibility index (Phi) is 8.32. The predicted molar refractivity (Wildman–Crippen MR) is 119 cm³/mol. The molecule has 0 aliphatic carbocycles. The molecule has 2 aromatic rings. The molecule has 0 aromatic heterocycles. The van der Waals surface area contributed by atoms with Gasteiger partial charge < -0.3 is 19.3 Å². The Morgan fingerprint density at radius 3 is 2.65 bits per heavy atom. The van der Waals surface area contributed by atoms with E-state index in [-0.39, 0.29) is 19.2 Å². The molecular weight excluding hydrogens is 394 g/mol. The first kappa shape index (κ1) is 23.1. The van der Waals surface area contributed by atoms with Crippen molar-refractivity contribution in [2.75, 3.05) is 40.0 Å². The first-order valence-electron chi connectivity index (χ1n) is 10.9. The SMILES string of the molecule is CCOC(=O)[C@]1(Cc2cccc(OC)c2)CCCN(Cc2ccc(OCCO)cc2)C1. The summed E-state index contributed by atoms with van der Waals surface area (Å²) in [6, 6.07) is 15.9. The molecule has 1 fully saturated rings. The van der Waals surface area contributed by atoms with Crippen LogP contribution >= 0.6 is 0 Å². The summed E-state index contributed by atoms with van der Waals surface area (Å²) in [5, 5.41) is 8.89. The van der Waals surface area contributed by atoms with Crippen LogP contribution in [0.25, 0.3) is 0 Å². The third-order valence-corrected chi connectivity index (χ3v) is 5.73. The first-order valence-corrected chi connectivity index (χ1v) is 10.9. The van der Waals surface area contributed by atoms with Crippen molar-refractivity contribution in [3.05, 3.63) is 59.7 Å². The number of rotatable bonds is 10. The summed E-state index contributed by atoms with van der Waals surface area (Å²) in [4.78, 5) is 15.4. The van der Waals surface area contributed by atoms with Gasteiger partial charge >= 0.3 is 5.97 Å². The molecule has 0 amide bonds. The van der Waals surface area contributed by atoms with Gasteiger partial charge in [0.05, 0.1) is 25.7 Å². The summed E-state index contributed by atoms with van der Waals surface area (Å²) >= 11 is 0. The van der Waals surface area contributed by atoms with Gasteiger partial charge in [-0.2, -0.15) is 0 Å². The van der Waals surface area contributed by atoms with E-state index in [0.717, 1.165) is 48.6 Å². The average molecular weight is 428 g/mol. The highest BCUT2D eigenvalue weighted by atomic mass is 16.5. The van der Waals surface area contributed by atoms with Crippen LogP contribution in [0.2, 0.25) is 0 Å². The van der Waals surface area contributed by atoms with Gasteiger partial charge in [0.2, 0.25) is 0 Å². The van der Waals surface area contributed by atoms with Crippen molar-refractivity contribution in [1.29, 1.82) is 0 Å². The number of piperidine rings is 1. The lowest BCUT2D eigenvalue weighted by Gasteiger charge is -2.41. The molecule has 1 aliphatic rings. The van der Waals surface area contributed by atoms with Gasteiger partial charge in [-0.05, 0) is 68.1 Å². The summed E-state index contributed by atoms with van der Waals surface area (Å²) in [5.41, 5.74) is 1.68. The molecule has 1 aliphatic heterocycles. The number of carbonyl (C=O) groups excluding carboxylic acids is 1. The molecule has 1 saturated heterocycles. The molecule has 6 nitrogen and oxygen atoms in total. The zero-order chi connectivity index (χ0) is 22.1. The quantitative estimate of drug-likeness (QED) is 0.586. The highest BCUT2D eigenvalue weighted by Crippen LogP contribution is 2.36. The molecule has 2 aromatic carbocycles. The number of methoxy groups -OCH3 is 1. The molecule has 0 unspecified atom stereocenters. The molecule has 1 N–H and O–H groups in total. The normalized spacial score (nSPS) is 19.1. The molecule has 3 rings (SSSR count). The lowest BCUT2D eigenvalue weighted by atomic mass is 9.75. The van der Waals surface area contributed by atoms with Crippen LogP contribution < -0.4 is 9.47 Å². The summed E-state index contributed by atoms with van der Waals surface area (Å²) in [6.07, 6.45) is 2.39. The Morgan fingerprint density at radius 2 is 1.94 bits per heavy atom. The van der Waals surface area contributed by atoms with E-state index in [4.69, 9.17) is 19.3 Å². The zero-order valence-electron chi connectivity index (χ0n) is 18.5. The smallest absolute Gasteiger partial charge is 0.313 e. The van der Waals surface area contributed by atoms with Crippen LogP contribution in [0.4, 0.5) is 0 Å². The minimum absolute atomic E-state index is 0.00123. The van der Waals surface area contributed by atoms with Gasteiger partial charge in [0, 0.05) is 13.1 Å². The van der Waals surface area contributed by atoms with E-state index in [9.17, 15) is 4.79 Å². The van der Waals surface area contributed by atoms with E-state index >= 15 is 0 Å². The molecule has 168 valence electrons. The van der Waals surface area contributed by atoms with Crippen molar-refractivity contribution in [2.24, 2.45) is 5.41 Å². The van der Waals surface area contributed by atoms with E-state index in [1.807, 2.05) is 55.5 Å². The largest absolute Gasteiger partial charge is 0.497 e. The number of nitrogens with zero attached hydrogens (tertiary/aromatic N) is 1. The third kappa shape index (κ3) is 6.21. The van der Waals surface area contributed by atoms with Crippen molar-refractivity contribution >= 4 is 5.97 Å². The van der Waals surface area contributed by atoms with Gasteiger partial charge in [-0.1, -0.05) is 24.3 Å². The summed E-state index contributed by atoms with van der Waals surface area (Å²) < 4.78 is 16.3. The highest BCUT2D eigenvalue weighted by molar-refractivity contribution is 5.78. The number of carbonyl (C=O) groups is 1. The fraction of sp³-hybridized carbons (Fsp3) is 0.480. The number of hydrogen-bond donors (Lipinski definition) is 1. The van der Waals surface area contributed by atoms with Crippen molar-refractivity contribution in [2.45, 2.75) is 32.7 Å². The van der Waals surface area contributed by atoms with Crippen LogP contribution in [0.1, 0.15) is 30.9 Å². The van der Waals surface area contributed by atoms with Crippen LogP contribution in [0.15, 0.2) is 48.5 Å². The van der Waals surface area contributed by atoms with Crippen molar-refractivity contribution in [3.63, 3.8) is 0 Å². The van der Waals surface area contributed by atoms with Crippen molar-refractivity contribution < 1.29 is 24.1 Å². The molecule has 0 radical (unpaired) electrons. The van der Waals surface area contributed by atoms with Gasteiger partial charge in [-0.25, -0.2) is 0 Å². The van der Waals surface area contributed by atoms with E-state index in [1.54, 1.807) is 7.11 Å². The summed E-state index contributed by atoms with van der Waals surface area (Å²) in [5.74, 6) is 1.43. The molecule has 0 saturated carbocycles. The maximum absolute atomic E-state index is 13.1. The molecule has 1 atom stereocenters. The second-order valence-corrected chi connectivity index (χ2v) is 8.06. The number of benzene rings is 2. The van der Waals surface area contributed by atoms with Crippen molar-refractivity contribution in [3.8, 4) is 11.5 Å². The van der Waals surface area contributed by atoms with Crippen LogP contribution in [0, 0.1) is 5.41 Å². The number of ether oxygens (including phenoxy) is 3. The second-order valence-electron chi connectivity index (χ2n) is 8.06. The maximum Gasteiger partial charge on any atom is 0.313 e. The molecule has 31 heavy (non-hydrogen) atoms. The van der Waals surface area contributed by atoms with Crippen LogP contribution in [0.5, 0.6) is 11.5 Å². The first-order chi connectivity index (χ1) is 15.1. The summed E-state index contributed by atoms with van der Waals surface area (Å²) in [6.45, 7) is 4.90. The van der Waals surface area contributed by atoms with Gasteiger partial charge in [0.25, 0.3) is 0 Å². The van der Waals surface area contributed by atoms with Crippen LogP contribution in [-0.4, -0.2) is 56.0 Å². The number of likely N-dealkylation sites (tertiary alicyclic amines) is 1. The molecular formula is C25H33NO5. The minimum atomic E-state index is -0.565. The van der Waals surface area contributed by atoms with Crippen molar-refractivity contribution in [1.82, 2.24) is 4.90 Å². The Morgan fingerprint density at radius 1 is 1.13 bits per heavy atom. The Bertz CT molecular complexity index is 838. The minimum Gasteiger partial charge on any atom is -0.497 e.